The van der Waals surface area contributed by atoms with Gasteiger partial charge in [-0.2, -0.15) is 0 Å². The van der Waals surface area contributed by atoms with Crippen molar-refractivity contribution >= 4 is 29.1 Å². The number of aryl methyl sites for hydroxylation is 1. The molecule has 4 rings (SSSR count). The van der Waals surface area contributed by atoms with E-state index >= 15 is 0 Å². The summed E-state index contributed by atoms with van der Waals surface area (Å²) in [6.07, 6.45) is 5.99. The number of methoxy groups -OCH3 is 3. The molecule has 10 nitrogen and oxygen atoms in total. The largest absolute Gasteiger partial charge is 0.872 e. The summed E-state index contributed by atoms with van der Waals surface area (Å²) in [5.74, 6) is -0.791. The Labute approximate surface area is 231 Å². The van der Waals surface area contributed by atoms with Gasteiger partial charge in [0.05, 0.1) is 45.5 Å². The van der Waals surface area contributed by atoms with Crippen molar-refractivity contribution in [2.24, 2.45) is 0 Å². The molecule has 2 aromatic carbocycles. The first-order chi connectivity index (χ1) is 18.8. The molecule has 1 fully saturated rings. The van der Waals surface area contributed by atoms with Crippen LogP contribution in [0.3, 0.4) is 0 Å². The predicted molar refractivity (Wildman–Crippen MR) is 141 cm³/mol. The van der Waals surface area contributed by atoms with Crippen LogP contribution in [0.2, 0.25) is 5.02 Å². The van der Waals surface area contributed by atoms with Gasteiger partial charge in [0.25, 0.3) is 5.91 Å². The molecule has 1 aliphatic rings. The number of carbonyl (C=O) groups is 2. The number of imidazole rings is 1. The third kappa shape index (κ3) is 5.51. The number of aromatic nitrogens is 2. The fourth-order valence-corrected chi connectivity index (χ4v) is 4.90. The highest BCUT2D eigenvalue weighted by Crippen LogP contribution is 2.45. The van der Waals surface area contributed by atoms with Crippen LogP contribution in [0, 0.1) is 0 Å². The van der Waals surface area contributed by atoms with Gasteiger partial charge in [0, 0.05) is 18.5 Å². The molecule has 3 aromatic rings. The number of Topliss-reactive ketones (excluding diaryl/α,β-unsaturated/α-hetero) is 1. The van der Waals surface area contributed by atoms with Gasteiger partial charge >= 0.3 is 0 Å². The first-order valence-corrected chi connectivity index (χ1v) is 12.7. The SMILES string of the molecule is CCOc1ccc(C([O-])=C2C(=O)C(=O)N(CCC[n+]3cc[nH]c3)C2c2cc(OC)c(OC)c(OC)c2)cc1Cl. The fourth-order valence-electron chi connectivity index (χ4n) is 4.66. The number of amides is 1. The minimum Gasteiger partial charge on any atom is -0.872 e. The lowest BCUT2D eigenvalue weighted by molar-refractivity contribution is -0.695. The van der Waals surface area contributed by atoms with Gasteiger partial charge in [-0.15, -0.1) is 0 Å². The maximum atomic E-state index is 13.8. The molecule has 2 heterocycles. The molecule has 1 N–H and O–H groups in total. The number of hydrogen-bond acceptors (Lipinski definition) is 7. The van der Waals surface area contributed by atoms with Gasteiger partial charge in [-0.25, -0.2) is 4.57 Å². The molecule has 11 heteroatoms. The number of halogens is 1. The summed E-state index contributed by atoms with van der Waals surface area (Å²) < 4.78 is 23.8. The number of likely N-dealkylation sites (tertiary alicyclic amines) is 1. The van der Waals surface area contributed by atoms with Gasteiger partial charge in [-0.05, 0) is 42.3 Å². The lowest BCUT2D eigenvalue weighted by Gasteiger charge is -2.28. The standard InChI is InChI=1S/C28H30ClN3O7/c1-5-39-20-8-7-17(13-19(20)29)25(33)23-24(18-14-21(36-2)27(38-4)22(15-18)37-3)32(28(35)26(23)34)11-6-10-31-12-9-30-16-31/h7-9,12-16,24H,5-6,10-11H2,1-4H3,(H,33,34). The second kappa shape index (κ2) is 12.1. The maximum Gasteiger partial charge on any atom is 0.295 e. The van der Waals surface area contributed by atoms with Crippen molar-refractivity contribution in [3.63, 3.8) is 0 Å². The second-order valence-electron chi connectivity index (χ2n) is 8.71. The molecule has 1 saturated heterocycles. The van der Waals surface area contributed by atoms with Crippen LogP contribution in [-0.2, 0) is 16.1 Å². The summed E-state index contributed by atoms with van der Waals surface area (Å²) in [4.78, 5) is 31.1. The van der Waals surface area contributed by atoms with Crippen LogP contribution in [0.5, 0.6) is 23.0 Å². The number of carbonyl (C=O) groups excluding carboxylic acids is 2. The quantitative estimate of drug-likeness (QED) is 0.167. The van der Waals surface area contributed by atoms with Crippen molar-refractivity contribution in [2.75, 3.05) is 34.5 Å². The van der Waals surface area contributed by atoms with Gasteiger partial charge in [-0.3, -0.25) is 14.6 Å². The molecule has 0 saturated carbocycles. The first-order valence-electron chi connectivity index (χ1n) is 12.3. The molecule has 1 amide bonds. The molecule has 0 radical (unpaired) electrons. The highest BCUT2D eigenvalue weighted by Gasteiger charge is 2.44. The molecular formula is C28H30ClN3O7. The summed E-state index contributed by atoms with van der Waals surface area (Å²) >= 11 is 6.34. The van der Waals surface area contributed by atoms with Gasteiger partial charge in [0.2, 0.25) is 17.9 Å². The summed E-state index contributed by atoms with van der Waals surface area (Å²) in [5, 5.41) is 14.0. The molecule has 206 valence electrons. The van der Waals surface area contributed by atoms with Crippen LogP contribution >= 0.6 is 11.6 Å². The van der Waals surface area contributed by atoms with E-state index in [9.17, 15) is 14.7 Å². The van der Waals surface area contributed by atoms with Crippen molar-refractivity contribution in [3.05, 3.63) is 70.8 Å². The van der Waals surface area contributed by atoms with E-state index in [0.717, 1.165) is 0 Å². The molecule has 1 atom stereocenters. The molecule has 0 aliphatic carbocycles. The minimum atomic E-state index is -0.979. The zero-order valence-corrected chi connectivity index (χ0v) is 22.9. The number of benzene rings is 2. The van der Waals surface area contributed by atoms with Crippen molar-refractivity contribution < 1.29 is 38.2 Å². The monoisotopic (exact) mass is 555 g/mol. The molecule has 1 aliphatic heterocycles. The Morgan fingerprint density at radius 3 is 2.36 bits per heavy atom. The first kappa shape index (κ1) is 27.8. The average molecular weight is 556 g/mol. The Balaban J connectivity index is 1.84. The lowest BCUT2D eigenvalue weighted by Crippen LogP contribution is -2.36. The molecule has 1 aromatic heterocycles. The van der Waals surface area contributed by atoms with Crippen molar-refractivity contribution in [1.29, 1.82) is 0 Å². The summed E-state index contributed by atoms with van der Waals surface area (Å²) in [7, 11) is 4.41. The van der Waals surface area contributed by atoms with Crippen molar-refractivity contribution in [3.8, 4) is 23.0 Å². The molecule has 0 bridgehead atoms. The number of hydrogen-bond donors (Lipinski definition) is 1. The topological polar surface area (TPSA) is 117 Å². The number of rotatable bonds is 11. The van der Waals surface area contributed by atoms with Gasteiger partial charge < -0.3 is 29.0 Å². The van der Waals surface area contributed by atoms with Crippen LogP contribution in [0.15, 0.2) is 54.6 Å². The summed E-state index contributed by atoms with van der Waals surface area (Å²) in [6.45, 7) is 3.04. The Kier molecular flexibility index (Phi) is 8.65. The third-order valence-electron chi connectivity index (χ3n) is 6.44. The van der Waals surface area contributed by atoms with E-state index < -0.39 is 23.5 Å². The number of H-pyrrole nitrogens is 1. The molecule has 1 unspecified atom stereocenters. The zero-order chi connectivity index (χ0) is 28.1. The summed E-state index contributed by atoms with van der Waals surface area (Å²) in [6, 6.07) is 6.85. The average Bonchev–Trinajstić information content (AvgIpc) is 3.55. The van der Waals surface area contributed by atoms with Gasteiger partial charge in [0.15, 0.2) is 11.5 Å². The highest BCUT2D eigenvalue weighted by molar-refractivity contribution is 6.46. The van der Waals surface area contributed by atoms with Crippen molar-refractivity contribution in [2.45, 2.75) is 25.9 Å². The van der Waals surface area contributed by atoms with Crippen LogP contribution in [0.1, 0.15) is 30.5 Å². The fraction of sp³-hybridized carbons (Fsp3) is 0.321. The third-order valence-corrected chi connectivity index (χ3v) is 6.74. The van der Waals surface area contributed by atoms with Gasteiger partial charge in [-0.1, -0.05) is 23.4 Å². The van der Waals surface area contributed by atoms with Crippen LogP contribution in [-0.4, -0.2) is 56.1 Å². The van der Waals surface area contributed by atoms with E-state index in [-0.39, 0.29) is 22.7 Å². The lowest BCUT2D eigenvalue weighted by atomic mass is 9.94. The normalized spacial score (nSPS) is 16.4. The number of nitrogens with one attached hydrogen (secondary N) is 1. The van der Waals surface area contributed by atoms with E-state index in [0.29, 0.717) is 48.1 Å². The van der Waals surface area contributed by atoms with Gasteiger partial charge in [0.1, 0.15) is 18.1 Å². The van der Waals surface area contributed by atoms with E-state index in [1.165, 1.54) is 38.4 Å². The zero-order valence-electron chi connectivity index (χ0n) is 22.2. The molecule has 39 heavy (non-hydrogen) atoms. The van der Waals surface area contributed by atoms with Crippen LogP contribution in [0.25, 0.3) is 5.76 Å². The number of nitrogens with zero attached hydrogens (tertiary/aromatic N) is 2. The van der Waals surface area contributed by atoms with Crippen LogP contribution < -0.4 is 28.6 Å². The van der Waals surface area contributed by atoms with Crippen LogP contribution in [0.4, 0.5) is 0 Å². The van der Waals surface area contributed by atoms with E-state index in [1.54, 1.807) is 30.7 Å². The maximum absolute atomic E-state index is 13.8. The summed E-state index contributed by atoms with van der Waals surface area (Å²) in [5.41, 5.74) is 0.462. The van der Waals surface area contributed by atoms with E-state index in [2.05, 4.69) is 4.98 Å². The molecule has 0 spiro atoms. The highest BCUT2D eigenvalue weighted by atomic mass is 35.5. The number of aromatic amines is 1. The minimum absolute atomic E-state index is 0.168. The number of ether oxygens (including phenoxy) is 4. The Hall–Kier alpha value is -4.18. The van der Waals surface area contributed by atoms with E-state index in [4.69, 9.17) is 30.5 Å². The molecular weight excluding hydrogens is 526 g/mol. The Morgan fingerprint density at radius 2 is 1.79 bits per heavy atom. The number of ketones is 1. The van der Waals surface area contributed by atoms with E-state index in [1.807, 2.05) is 17.7 Å². The Morgan fingerprint density at radius 1 is 1.08 bits per heavy atom. The van der Waals surface area contributed by atoms with Crippen molar-refractivity contribution in [1.82, 2.24) is 9.88 Å². The smallest absolute Gasteiger partial charge is 0.295 e. The predicted octanol–water partition coefficient (Wildman–Crippen LogP) is 2.69. The second-order valence-corrected chi connectivity index (χ2v) is 9.12. The Bertz CT molecular complexity index is 1360.